The summed E-state index contributed by atoms with van der Waals surface area (Å²) >= 11 is 0. The van der Waals surface area contributed by atoms with E-state index in [4.69, 9.17) is 0 Å². The van der Waals surface area contributed by atoms with E-state index in [1.165, 1.54) is 7.05 Å². The van der Waals surface area contributed by atoms with Crippen molar-refractivity contribution in [3.8, 4) is 0 Å². The Kier molecular flexibility index (Phi) is 1.55. The van der Waals surface area contributed by atoms with Crippen LogP contribution in [0, 0.1) is 0 Å². The molecule has 2 amide bonds. The minimum atomic E-state index is -3.29. The fraction of sp³-hybridized carbons (Fsp3) is 0.750. The summed E-state index contributed by atoms with van der Waals surface area (Å²) < 4.78 is 22.4. The van der Waals surface area contributed by atoms with Gasteiger partial charge in [-0.25, -0.2) is 17.5 Å². The minimum Gasteiger partial charge on any atom is -0.336 e. The fourth-order valence-electron chi connectivity index (χ4n) is 0.662. The summed E-state index contributed by atoms with van der Waals surface area (Å²) in [5.41, 5.74) is 0. The molecule has 0 atom stereocenters. The van der Waals surface area contributed by atoms with Crippen LogP contribution in [0.4, 0.5) is 4.79 Å². The largest absolute Gasteiger partial charge is 0.336 e. The minimum absolute atomic E-state index is 0.00472. The van der Waals surface area contributed by atoms with E-state index < -0.39 is 16.1 Å². The Balaban J connectivity index is 2.91. The van der Waals surface area contributed by atoms with Gasteiger partial charge in [-0.1, -0.05) is 0 Å². The molecule has 0 aromatic rings. The molecule has 0 aromatic heterocycles. The van der Waals surface area contributed by atoms with Crippen LogP contribution >= 0.6 is 0 Å². The molecule has 0 aromatic carbocycles. The first-order valence-corrected chi connectivity index (χ1v) is 4.39. The average Bonchev–Trinajstić information content (AvgIpc) is 1.83. The molecule has 1 heterocycles. The van der Waals surface area contributed by atoms with Crippen molar-refractivity contribution >= 4 is 16.1 Å². The Hall–Kier alpha value is -0.780. The summed E-state index contributed by atoms with van der Waals surface area (Å²) in [7, 11) is -2.05. The van der Waals surface area contributed by atoms with Crippen molar-refractivity contribution in [1.82, 2.24) is 9.62 Å². The second kappa shape index (κ2) is 2.12. The van der Waals surface area contributed by atoms with Gasteiger partial charge in [0.1, 0.15) is 0 Å². The number of sulfonamides is 1. The normalized spacial score (nSPS) is 24.1. The fourth-order valence-corrected chi connectivity index (χ4v) is 1.61. The van der Waals surface area contributed by atoms with Gasteiger partial charge in [-0.05, 0) is 0 Å². The molecule has 1 fully saturated rings. The first-order valence-electron chi connectivity index (χ1n) is 2.78. The van der Waals surface area contributed by atoms with Crippen LogP contribution in [0.15, 0.2) is 0 Å². The van der Waals surface area contributed by atoms with E-state index in [9.17, 15) is 13.2 Å². The van der Waals surface area contributed by atoms with Crippen molar-refractivity contribution in [2.24, 2.45) is 0 Å². The third-order valence-electron chi connectivity index (χ3n) is 1.34. The van der Waals surface area contributed by atoms with Crippen LogP contribution in [0.1, 0.15) is 0 Å². The number of hydrogen-bond donors (Lipinski definition) is 1. The van der Waals surface area contributed by atoms with Crippen molar-refractivity contribution in [2.75, 3.05) is 19.3 Å². The molecule has 1 aliphatic heterocycles. The summed E-state index contributed by atoms with van der Waals surface area (Å²) in [6.45, 7) is 0.214. The molecule has 1 aliphatic rings. The third-order valence-corrected chi connectivity index (χ3v) is 3.06. The lowest BCUT2D eigenvalue weighted by atomic mass is 10.7. The van der Waals surface area contributed by atoms with E-state index in [0.717, 1.165) is 4.31 Å². The maximum absolute atomic E-state index is 10.9. The molecule has 0 saturated carbocycles. The van der Waals surface area contributed by atoms with Crippen LogP contribution in [0.3, 0.4) is 0 Å². The van der Waals surface area contributed by atoms with E-state index in [-0.39, 0.29) is 12.3 Å². The van der Waals surface area contributed by atoms with Gasteiger partial charge in [0.15, 0.2) is 0 Å². The standard InChI is InChI=1S/C4H8N2O3S/c1-6-4(7)5-2-3-10(6,8)9/h2-3H2,1H3,(H,5,7). The molecule has 5 nitrogen and oxygen atoms in total. The zero-order chi connectivity index (χ0) is 7.78. The molecular formula is C4H8N2O3S. The van der Waals surface area contributed by atoms with Gasteiger partial charge in [-0.3, -0.25) is 0 Å². The van der Waals surface area contributed by atoms with Crippen LogP contribution in [0.2, 0.25) is 0 Å². The molecule has 0 radical (unpaired) electrons. The highest BCUT2D eigenvalue weighted by atomic mass is 32.2. The average molecular weight is 164 g/mol. The number of urea groups is 1. The monoisotopic (exact) mass is 164 g/mol. The molecule has 10 heavy (non-hydrogen) atoms. The van der Waals surface area contributed by atoms with Crippen LogP contribution in [0.5, 0.6) is 0 Å². The predicted octanol–water partition coefficient (Wildman–Crippen LogP) is -1.03. The summed E-state index contributed by atoms with van der Waals surface area (Å²) in [5, 5.41) is 2.40. The Bertz CT molecular complexity index is 245. The topological polar surface area (TPSA) is 66.5 Å². The lowest BCUT2D eigenvalue weighted by Gasteiger charge is -2.22. The molecule has 1 rings (SSSR count). The Labute approximate surface area is 59.1 Å². The number of hydrogen-bond acceptors (Lipinski definition) is 3. The second-order valence-electron chi connectivity index (χ2n) is 2.02. The Morgan fingerprint density at radius 2 is 2.20 bits per heavy atom. The molecule has 0 spiro atoms. The van der Waals surface area contributed by atoms with Crippen LogP contribution in [-0.2, 0) is 10.0 Å². The molecule has 1 N–H and O–H groups in total. The van der Waals surface area contributed by atoms with Gasteiger partial charge in [0.05, 0.1) is 5.75 Å². The maximum atomic E-state index is 10.9. The highest BCUT2D eigenvalue weighted by Crippen LogP contribution is 2.01. The first-order chi connectivity index (χ1) is 4.54. The quantitative estimate of drug-likeness (QED) is 0.498. The molecule has 0 unspecified atom stereocenters. The van der Waals surface area contributed by atoms with Gasteiger partial charge in [0, 0.05) is 13.6 Å². The summed E-state index contributed by atoms with van der Waals surface area (Å²) in [6.07, 6.45) is 0. The van der Waals surface area contributed by atoms with E-state index in [1.807, 2.05) is 0 Å². The highest BCUT2D eigenvalue weighted by molar-refractivity contribution is 7.89. The molecular weight excluding hydrogens is 156 g/mol. The van der Waals surface area contributed by atoms with Crippen molar-refractivity contribution in [2.45, 2.75) is 0 Å². The Morgan fingerprint density at radius 1 is 1.60 bits per heavy atom. The lowest BCUT2D eigenvalue weighted by molar-refractivity contribution is 0.226. The van der Waals surface area contributed by atoms with Crippen molar-refractivity contribution in [3.05, 3.63) is 0 Å². The van der Waals surface area contributed by atoms with Gasteiger partial charge in [-0.15, -0.1) is 0 Å². The summed E-state index contributed by atoms with van der Waals surface area (Å²) in [6, 6.07) is -0.550. The van der Waals surface area contributed by atoms with Gasteiger partial charge in [0.2, 0.25) is 10.0 Å². The maximum Gasteiger partial charge on any atom is 0.330 e. The van der Waals surface area contributed by atoms with Gasteiger partial charge >= 0.3 is 6.03 Å². The summed E-state index contributed by atoms with van der Waals surface area (Å²) in [4.78, 5) is 10.6. The number of amides is 2. The Morgan fingerprint density at radius 3 is 2.60 bits per heavy atom. The predicted molar refractivity (Wildman–Crippen MR) is 34.9 cm³/mol. The van der Waals surface area contributed by atoms with E-state index in [1.54, 1.807) is 0 Å². The molecule has 58 valence electrons. The number of nitrogens with zero attached hydrogens (tertiary/aromatic N) is 1. The van der Waals surface area contributed by atoms with Gasteiger partial charge in [-0.2, -0.15) is 0 Å². The van der Waals surface area contributed by atoms with Gasteiger partial charge < -0.3 is 5.32 Å². The summed E-state index contributed by atoms with van der Waals surface area (Å²) in [5.74, 6) is -0.00472. The van der Waals surface area contributed by atoms with Crippen LogP contribution in [0.25, 0.3) is 0 Å². The van der Waals surface area contributed by atoms with E-state index >= 15 is 0 Å². The SMILES string of the molecule is CN1C(=O)NCCS1(=O)=O. The van der Waals surface area contributed by atoms with Crippen molar-refractivity contribution < 1.29 is 13.2 Å². The number of rotatable bonds is 0. The molecule has 0 bridgehead atoms. The highest BCUT2D eigenvalue weighted by Gasteiger charge is 2.27. The smallest absolute Gasteiger partial charge is 0.330 e. The second-order valence-corrected chi connectivity index (χ2v) is 4.14. The molecule has 6 heteroatoms. The zero-order valence-corrected chi connectivity index (χ0v) is 6.31. The third kappa shape index (κ3) is 1.06. The first kappa shape index (κ1) is 7.33. The molecule has 1 saturated heterocycles. The van der Waals surface area contributed by atoms with Crippen molar-refractivity contribution in [1.29, 1.82) is 0 Å². The number of nitrogens with one attached hydrogen (secondary N) is 1. The number of carbonyl (C=O) groups is 1. The molecule has 0 aliphatic carbocycles. The zero-order valence-electron chi connectivity index (χ0n) is 5.49. The number of carbonyl (C=O) groups excluding carboxylic acids is 1. The lowest BCUT2D eigenvalue weighted by Crippen LogP contribution is -2.49. The van der Waals surface area contributed by atoms with Crippen LogP contribution < -0.4 is 5.32 Å². The van der Waals surface area contributed by atoms with Crippen LogP contribution in [-0.4, -0.2) is 38.1 Å². The van der Waals surface area contributed by atoms with Gasteiger partial charge in [0.25, 0.3) is 0 Å². The van der Waals surface area contributed by atoms with E-state index in [0.29, 0.717) is 0 Å². The van der Waals surface area contributed by atoms with Crippen molar-refractivity contribution in [3.63, 3.8) is 0 Å². The van der Waals surface area contributed by atoms with E-state index in [2.05, 4.69) is 5.32 Å².